The van der Waals surface area contributed by atoms with E-state index in [0.717, 1.165) is 11.5 Å². The van der Waals surface area contributed by atoms with E-state index in [4.69, 9.17) is 11.6 Å². The molecule has 1 aliphatic rings. The Bertz CT molecular complexity index is 254. The van der Waals surface area contributed by atoms with Crippen molar-refractivity contribution in [2.75, 3.05) is 0 Å². The maximum Gasteiger partial charge on any atom is 0.0221 e. The number of rotatable bonds is 1. The molecule has 0 heterocycles. The lowest BCUT2D eigenvalue weighted by Crippen LogP contribution is -1.90. The van der Waals surface area contributed by atoms with Gasteiger partial charge in [-0.1, -0.05) is 37.6 Å². The predicted octanol–water partition coefficient (Wildman–Crippen LogP) is 4.04. The molecule has 0 aromatic rings. The van der Waals surface area contributed by atoms with Crippen LogP contribution in [0.1, 0.15) is 27.2 Å². The Hall–Kier alpha value is -0.490. The first kappa shape index (κ1) is 9.60. The molecule has 0 radical (unpaired) electrons. The summed E-state index contributed by atoms with van der Waals surface area (Å²) in [6.07, 6.45) is 7.33. The number of halogens is 1. The van der Waals surface area contributed by atoms with Gasteiger partial charge in [-0.3, -0.25) is 0 Å². The highest BCUT2D eigenvalue weighted by atomic mass is 35.5. The van der Waals surface area contributed by atoms with Gasteiger partial charge in [0.25, 0.3) is 0 Å². The van der Waals surface area contributed by atoms with Crippen LogP contribution in [0.3, 0.4) is 0 Å². The topological polar surface area (TPSA) is 0 Å². The van der Waals surface area contributed by atoms with Crippen LogP contribution in [0, 0.1) is 5.92 Å². The summed E-state index contributed by atoms with van der Waals surface area (Å²) >= 11 is 5.96. The number of allylic oxidation sites excluding steroid dienone is 6. The summed E-state index contributed by atoms with van der Waals surface area (Å²) in [5.74, 6) is 0.593. The van der Waals surface area contributed by atoms with E-state index in [-0.39, 0.29) is 0 Å². The highest BCUT2D eigenvalue weighted by Crippen LogP contribution is 2.22. The lowest BCUT2D eigenvalue weighted by Gasteiger charge is -2.05. The first-order chi connectivity index (χ1) is 5.59. The second-order valence-corrected chi connectivity index (χ2v) is 4.03. The summed E-state index contributed by atoms with van der Waals surface area (Å²) in [5.41, 5.74) is 2.64. The van der Waals surface area contributed by atoms with E-state index in [9.17, 15) is 0 Å². The van der Waals surface area contributed by atoms with Gasteiger partial charge < -0.3 is 0 Å². The van der Waals surface area contributed by atoms with E-state index in [1.165, 1.54) is 11.1 Å². The zero-order chi connectivity index (χ0) is 9.14. The van der Waals surface area contributed by atoms with Gasteiger partial charge in [-0.05, 0) is 30.1 Å². The van der Waals surface area contributed by atoms with Gasteiger partial charge in [-0.25, -0.2) is 0 Å². The van der Waals surface area contributed by atoms with Crippen molar-refractivity contribution in [2.45, 2.75) is 27.2 Å². The van der Waals surface area contributed by atoms with Gasteiger partial charge in [0.1, 0.15) is 0 Å². The standard InChI is InChI=1S/C11H15Cl/c1-8(2)10-4-5-11(12)7-9(3)6-10/h4,6-8H,5H2,1-3H3. The molecule has 0 saturated carbocycles. The fourth-order valence-corrected chi connectivity index (χ4v) is 1.54. The molecule has 0 fully saturated rings. The normalized spacial score (nSPS) is 18.2. The summed E-state index contributed by atoms with van der Waals surface area (Å²) in [4.78, 5) is 0. The maximum atomic E-state index is 5.96. The van der Waals surface area contributed by atoms with E-state index in [2.05, 4.69) is 32.9 Å². The molecule has 0 spiro atoms. The minimum absolute atomic E-state index is 0.593. The molecule has 0 saturated heterocycles. The molecule has 0 atom stereocenters. The van der Waals surface area contributed by atoms with E-state index >= 15 is 0 Å². The van der Waals surface area contributed by atoms with Crippen LogP contribution >= 0.6 is 11.6 Å². The number of hydrogen-bond acceptors (Lipinski definition) is 0. The molecule has 0 nitrogen and oxygen atoms in total. The van der Waals surface area contributed by atoms with Crippen molar-refractivity contribution in [1.29, 1.82) is 0 Å². The van der Waals surface area contributed by atoms with Gasteiger partial charge in [0, 0.05) is 11.5 Å². The van der Waals surface area contributed by atoms with Gasteiger partial charge in [0.2, 0.25) is 0 Å². The third kappa shape index (κ3) is 2.53. The van der Waals surface area contributed by atoms with Gasteiger partial charge in [-0.15, -0.1) is 0 Å². The van der Waals surface area contributed by atoms with E-state index < -0.39 is 0 Å². The number of hydrogen-bond donors (Lipinski definition) is 0. The molecule has 1 rings (SSSR count). The molecule has 0 amide bonds. The third-order valence-electron chi connectivity index (χ3n) is 1.98. The Morgan fingerprint density at radius 3 is 2.58 bits per heavy atom. The molecule has 0 bridgehead atoms. The Kier molecular flexibility index (Phi) is 3.16. The van der Waals surface area contributed by atoms with E-state index in [1.807, 2.05) is 6.08 Å². The SMILES string of the molecule is CC1=CC(C(C)C)=CCC(Cl)=C1. The molecule has 0 aromatic heterocycles. The lowest BCUT2D eigenvalue weighted by molar-refractivity contribution is 0.787. The monoisotopic (exact) mass is 182 g/mol. The van der Waals surface area contributed by atoms with Crippen molar-refractivity contribution in [3.63, 3.8) is 0 Å². The average Bonchev–Trinajstić information content (AvgIpc) is 2.11. The van der Waals surface area contributed by atoms with Crippen LogP contribution in [0.15, 0.2) is 34.4 Å². The Morgan fingerprint density at radius 2 is 2.00 bits per heavy atom. The predicted molar refractivity (Wildman–Crippen MR) is 55.2 cm³/mol. The molecule has 0 aromatic carbocycles. The maximum absolute atomic E-state index is 5.96. The molecule has 0 aliphatic heterocycles. The van der Waals surface area contributed by atoms with E-state index in [1.54, 1.807) is 0 Å². The molecule has 0 N–H and O–H groups in total. The first-order valence-electron chi connectivity index (χ1n) is 4.34. The Balaban J connectivity index is 2.90. The largest absolute Gasteiger partial charge is 0.0888 e. The van der Waals surface area contributed by atoms with Crippen LogP contribution in [-0.4, -0.2) is 0 Å². The quantitative estimate of drug-likeness (QED) is 0.574. The van der Waals surface area contributed by atoms with Crippen LogP contribution < -0.4 is 0 Å². The van der Waals surface area contributed by atoms with Crippen molar-refractivity contribution >= 4 is 11.6 Å². The van der Waals surface area contributed by atoms with Gasteiger partial charge in [0.15, 0.2) is 0 Å². The summed E-state index contributed by atoms with van der Waals surface area (Å²) in [5, 5.41) is 0.930. The summed E-state index contributed by atoms with van der Waals surface area (Å²) in [7, 11) is 0. The molecule has 12 heavy (non-hydrogen) atoms. The first-order valence-corrected chi connectivity index (χ1v) is 4.72. The van der Waals surface area contributed by atoms with Crippen LogP contribution in [-0.2, 0) is 0 Å². The van der Waals surface area contributed by atoms with Crippen molar-refractivity contribution in [3.05, 3.63) is 34.4 Å². The fraction of sp³-hybridized carbons (Fsp3) is 0.455. The summed E-state index contributed by atoms with van der Waals surface area (Å²) in [6, 6.07) is 0. The van der Waals surface area contributed by atoms with Crippen molar-refractivity contribution < 1.29 is 0 Å². The van der Waals surface area contributed by atoms with Crippen molar-refractivity contribution in [2.24, 2.45) is 5.92 Å². The molecule has 1 heteroatoms. The van der Waals surface area contributed by atoms with Gasteiger partial charge in [-0.2, -0.15) is 0 Å². The third-order valence-corrected chi connectivity index (χ3v) is 2.24. The minimum Gasteiger partial charge on any atom is -0.0888 e. The van der Waals surface area contributed by atoms with Crippen LogP contribution in [0.5, 0.6) is 0 Å². The Morgan fingerprint density at radius 1 is 1.33 bits per heavy atom. The molecule has 0 unspecified atom stereocenters. The van der Waals surface area contributed by atoms with Crippen molar-refractivity contribution in [3.8, 4) is 0 Å². The summed E-state index contributed by atoms with van der Waals surface area (Å²) in [6.45, 7) is 6.49. The Labute approximate surface area is 79.6 Å². The molecule has 1 aliphatic carbocycles. The molecular weight excluding hydrogens is 168 g/mol. The van der Waals surface area contributed by atoms with Crippen LogP contribution in [0.2, 0.25) is 0 Å². The van der Waals surface area contributed by atoms with Crippen molar-refractivity contribution in [1.82, 2.24) is 0 Å². The zero-order valence-electron chi connectivity index (χ0n) is 7.89. The second-order valence-electron chi connectivity index (χ2n) is 3.54. The van der Waals surface area contributed by atoms with Gasteiger partial charge >= 0.3 is 0 Å². The molecule has 66 valence electrons. The minimum atomic E-state index is 0.593. The fourth-order valence-electron chi connectivity index (χ4n) is 1.29. The van der Waals surface area contributed by atoms with E-state index in [0.29, 0.717) is 5.92 Å². The van der Waals surface area contributed by atoms with Gasteiger partial charge in [0.05, 0.1) is 0 Å². The van der Waals surface area contributed by atoms with Crippen LogP contribution in [0.25, 0.3) is 0 Å². The lowest BCUT2D eigenvalue weighted by atomic mass is 10.0. The molecular formula is C11H15Cl. The highest BCUT2D eigenvalue weighted by Gasteiger charge is 2.04. The second kappa shape index (κ2) is 3.95. The average molecular weight is 183 g/mol. The smallest absolute Gasteiger partial charge is 0.0221 e. The highest BCUT2D eigenvalue weighted by molar-refractivity contribution is 6.29. The summed E-state index contributed by atoms with van der Waals surface area (Å²) < 4.78 is 0. The van der Waals surface area contributed by atoms with Crippen LogP contribution in [0.4, 0.5) is 0 Å². The zero-order valence-corrected chi connectivity index (χ0v) is 8.65.